The number of hydrogen-bond donors (Lipinski definition) is 2. The summed E-state index contributed by atoms with van der Waals surface area (Å²) in [5, 5.41) is 3.02. The molecule has 2 amide bonds. The quantitative estimate of drug-likeness (QED) is 0.785. The van der Waals surface area contributed by atoms with Gasteiger partial charge in [0.1, 0.15) is 0 Å². The second-order valence-corrected chi connectivity index (χ2v) is 6.23. The third-order valence-electron chi connectivity index (χ3n) is 4.38. The first kappa shape index (κ1) is 18.3. The summed E-state index contributed by atoms with van der Waals surface area (Å²) in [6.45, 7) is 8.25. The molecule has 1 aliphatic rings. The Labute approximate surface area is 143 Å². The average Bonchev–Trinajstić information content (AvgIpc) is 2.61. The number of ether oxygens (including phenoxy) is 1. The summed E-state index contributed by atoms with van der Waals surface area (Å²) in [7, 11) is 0. The zero-order chi connectivity index (χ0) is 17.4. The topological polar surface area (TPSA) is 63.1 Å². The molecule has 1 aromatic rings. The molecule has 1 saturated heterocycles. The van der Waals surface area contributed by atoms with Crippen LogP contribution in [0.5, 0.6) is 0 Å². The molecular weight excluding hydrogens is 306 g/mol. The molecule has 0 radical (unpaired) electrons. The van der Waals surface area contributed by atoms with E-state index in [2.05, 4.69) is 24.4 Å². The Morgan fingerprint density at radius 3 is 2.54 bits per heavy atom. The first-order chi connectivity index (χ1) is 11.6. The highest BCUT2D eigenvalue weighted by molar-refractivity contribution is 5.76. The molecule has 1 heterocycles. The maximum atomic E-state index is 12.1. The van der Waals surface area contributed by atoms with E-state index in [1.165, 1.54) is 10.5 Å². The molecule has 0 saturated carbocycles. The highest BCUT2D eigenvalue weighted by atomic mass is 16.6. The number of hydrogen-bond acceptors (Lipinski definition) is 3. The van der Waals surface area contributed by atoms with Crippen molar-refractivity contribution >= 4 is 12.0 Å². The van der Waals surface area contributed by atoms with E-state index in [0.717, 1.165) is 13.1 Å². The highest BCUT2D eigenvalue weighted by Gasteiger charge is 2.25. The van der Waals surface area contributed by atoms with Crippen LogP contribution in [0.2, 0.25) is 0 Å². The summed E-state index contributed by atoms with van der Waals surface area (Å²) in [4.78, 5) is 26.7. The Morgan fingerprint density at radius 1 is 1.25 bits per heavy atom. The van der Waals surface area contributed by atoms with Crippen molar-refractivity contribution in [1.82, 2.24) is 10.2 Å². The van der Waals surface area contributed by atoms with Crippen LogP contribution in [0.25, 0.3) is 0 Å². The fourth-order valence-corrected chi connectivity index (χ4v) is 2.85. The molecule has 0 aromatic heterocycles. The SMILES string of the molecule is CCOC(=O)N1CC[NH+](CC(=O)NC[C@@H](C)c2ccccc2)CC1. The lowest BCUT2D eigenvalue weighted by atomic mass is 10.0. The second kappa shape index (κ2) is 9.27. The van der Waals surface area contributed by atoms with Crippen molar-refractivity contribution in [2.75, 3.05) is 45.9 Å². The van der Waals surface area contributed by atoms with Crippen molar-refractivity contribution in [3.05, 3.63) is 35.9 Å². The van der Waals surface area contributed by atoms with Gasteiger partial charge in [0.2, 0.25) is 0 Å². The van der Waals surface area contributed by atoms with Crippen LogP contribution in [-0.4, -0.2) is 62.8 Å². The standard InChI is InChI=1S/C18H27N3O3/c1-3-24-18(23)21-11-9-20(10-12-21)14-17(22)19-13-15(2)16-7-5-4-6-8-16/h4-8,15H,3,9-14H2,1-2H3,(H,19,22)/p+1/t15-/m1/s1. The van der Waals surface area contributed by atoms with Crippen LogP contribution in [0, 0.1) is 0 Å². The van der Waals surface area contributed by atoms with Crippen LogP contribution in [0.15, 0.2) is 30.3 Å². The lowest BCUT2D eigenvalue weighted by Crippen LogP contribution is -3.15. The largest absolute Gasteiger partial charge is 0.450 e. The van der Waals surface area contributed by atoms with Crippen LogP contribution >= 0.6 is 0 Å². The molecule has 0 aliphatic carbocycles. The number of carbonyl (C=O) groups is 2. The Morgan fingerprint density at radius 2 is 1.92 bits per heavy atom. The number of piperazine rings is 1. The molecule has 0 unspecified atom stereocenters. The third kappa shape index (κ3) is 5.53. The van der Waals surface area contributed by atoms with E-state index in [1.807, 2.05) is 18.2 Å². The summed E-state index contributed by atoms with van der Waals surface area (Å²) in [5.74, 6) is 0.364. The van der Waals surface area contributed by atoms with E-state index >= 15 is 0 Å². The molecule has 1 fully saturated rings. The fourth-order valence-electron chi connectivity index (χ4n) is 2.85. The van der Waals surface area contributed by atoms with Crippen molar-refractivity contribution < 1.29 is 19.2 Å². The lowest BCUT2D eigenvalue weighted by Gasteiger charge is -2.31. The third-order valence-corrected chi connectivity index (χ3v) is 4.38. The Balaban J connectivity index is 1.67. The molecule has 2 N–H and O–H groups in total. The molecule has 0 spiro atoms. The van der Waals surface area contributed by atoms with Gasteiger partial charge in [-0.2, -0.15) is 0 Å². The number of nitrogens with one attached hydrogen (secondary N) is 2. The van der Waals surface area contributed by atoms with Crippen LogP contribution in [0.4, 0.5) is 4.79 Å². The molecule has 2 rings (SSSR count). The van der Waals surface area contributed by atoms with Crippen molar-refractivity contribution in [2.24, 2.45) is 0 Å². The zero-order valence-electron chi connectivity index (χ0n) is 14.6. The molecule has 132 valence electrons. The van der Waals surface area contributed by atoms with Gasteiger partial charge in [0.15, 0.2) is 6.54 Å². The van der Waals surface area contributed by atoms with Crippen LogP contribution in [-0.2, 0) is 9.53 Å². The molecule has 1 aliphatic heterocycles. The van der Waals surface area contributed by atoms with Gasteiger partial charge in [-0.05, 0) is 18.4 Å². The Kier molecular flexibility index (Phi) is 7.06. The number of benzene rings is 1. The normalized spacial score (nSPS) is 16.5. The van der Waals surface area contributed by atoms with Gasteiger partial charge >= 0.3 is 6.09 Å². The highest BCUT2D eigenvalue weighted by Crippen LogP contribution is 2.12. The molecule has 1 atom stereocenters. The van der Waals surface area contributed by atoms with Crippen LogP contribution < -0.4 is 10.2 Å². The number of carbonyl (C=O) groups excluding carboxylic acids is 2. The number of rotatable bonds is 6. The molecule has 1 aromatic carbocycles. The van der Waals surface area contributed by atoms with Gasteiger partial charge in [-0.3, -0.25) is 9.69 Å². The van der Waals surface area contributed by atoms with Crippen molar-refractivity contribution in [3.8, 4) is 0 Å². The minimum Gasteiger partial charge on any atom is -0.450 e. The minimum absolute atomic E-state index is 0.0670. The molecule has 0 bridgehead atoms. The number of amides is 2. The minimum atomic E-state index is -0.252. The van der Waals surface area contributed by atoms with E-state index in [4.69, 9.17) is 4.74 Å². The predicted octanol–water partition coefficient (Wildman–Crippen LogP) is 0.263. The van der Waals surface area contributed by atoms with Crippen molar-refractivity contribution in [1.29, 1.82) is 0 Å². The Hall–Kier alpha value is -2.08. The van der Waals surface area contributed by atoms with E-state index in [0.29, 0.717) is 38.7 Å². The van der Waals surface area contributed by atoms with Crippen molar-refractivity contribution in [3.63, 3.8) is 0 Å². The number of quaternary nitrogens is 1. The molecule has 6 nitrogen and oxygen atoms in total. The van der Waals surface area contributed by atoms with Gasteiger partial charge in [-0.1, -0.05) is 37.3 Å². The van der Waals surface area contributed by atoms with Gasteiger partial charge in [0.05, 0.1) is 32.8 Å². The van der Waals surface area contributed by atoms with Gasteiger partial charge in [0, 0.05) is 6.54 Å². The lowest BCUT2D eigenvalue weighted by molar-refractivity contribution is -0.896. The molecular formula is C18H28N3O3+. The summed E-state index contributed by atoms with van der Waals surface area (Å²) >= 11 is 0. The van der Waals surface area contributed by atoms with Gasteiger partial charge in [-0.25, -0.2) is 4.79 Å². The Bertz CT molecular complexity index is 528. The smallest absolute Gasteiger partial charge is 0.410 e. The fraction of sp³-hybridized carbons (Fsp3) is 0.556. The second-order valence-electron chi connectivity index (χ2n) is 6.23. The van der Waals surface area contributed by atoms with E-state index in [1.54, 1.807) is 11.8 Å². The first-order valence-electron chi connectivity index (χ1n) is 8.67. The number of nitrogens with zero attached hydrogens (tertiary/aromatic N) is 1. The van der Waals surface area contributed by atoms with Gasteiger partial charge in [-0.15, -0.1) is 0 Å². The van der Waals surface area contributed by atoms with Crippen molar-refractivity contribution in [2.45, 2.75) is 19.8 Å². The zero-order valence-corrected chi connectivity index (χ0v) is 14.6. The summed E-state index contributed by atoms with van der Waals surface area (Å²) in [6.07, 6.45) is -0.252. The molecule has 24 heavy (non-hydrogen) atoms. The summed E-state index contributed by atoms with van der Waals surface area (Å²) in [5.41, 5.74) is 1.23. The predicted molar refractivity (Wildman–Crippen MR) is 92.0 cm³/mol. The van der Waals surface area contributed by atoms with E-state index in [-0.39, 0.29) is 12.0 Å². The molecule has 6 heteroatoms. The van der Waals surface area contributed by atoms with E-state index in [9.17, 15) is 9.59 Å². The van der Waals surface area contributed by atoms with Gasteiger partial charge < -0.3 is 15.0 Å². The summed E-state index contributed by atoms with van der Waals surface area (Å²) in [6, 6.07) is 10.2. The monoisotopic (exact) mass is 334 g/mol. The van der Waals surface area contributed by atoms with E-state index < -0.39 is 0 Å². The summed E-state index contributed by atoms with van der Waals surface area (Å²) < 4.78 is 5.00. The maximum absolute atomic E-state index is 12.1. The van der Waals surface area contributed by atoms with Gasteiger partial charge in [0.25, 0.3) is 5.91 Å². The average molecular weight is 334 g/mol. The maximum Gasteiger partial charge on any atom is 0.410 e. The first-order valence-corrected chi connectivity index (χ1v) is 8.67. The van der Waals surface area contributed by atoms with Crippen LogP contribution in [0.1, 0.15) is 25.3 Å². The van der Waals surface area contributed by atoms with Crippen LogP contribution in [0.3, 0.4) is 0 Å².